The van der Waals surface area contributed by atoms with E-state index in [0.29, 0.717) is 39.1 Å². The summed E-state index contributed by atoms with van der Waals surface area (Å²) in [6.45, 7) is 0.276. The molecular weight excluding hydrogens is 510 g/mol. The monoisotopic (exact) mass is 533 g/mol. The van der Waals surface area contributed by atoms with Gasteiger partial charge in [0.05, 0.1) is 42.5 Å². The van der Waals surface area contributed by atoms with E-state index < -0.39 is 11.2 Å². The van der Waals surface area contributed by atoms with Gasteiger partial charge in [-0.15, -0.1) is 0 Å². The Bertz CT molecular complexity index is 2040. The first-order valence-corrected chi connectivity index (χ1v) is 12.6. The van der Waals surface area contributed by atoms with Crippen LogP contribution in [0.1, 0.15) is 27.4 Å². The van der Waals surface area contributed by atoms with Crippen LogP contribution in [0.4, 0.5) is 0 Å². The van der Waals surface area contributed by atoms with Crippen LogP contribution in [0.25, 0.3) is 16.6 Å². The molecule has 0 fully saturated rings. The third-order valence-electron chi connectivity index (χ3n) is 6.64. The van der Waals surface area contributed by atoms with E-state index in [-0.39, 0.29) is 31.1 Å². The Labute approximate surface area is 226 Å². The molecule has 6 aromatic rings. The summed E-state index contributed by atoms with van der Waals surface area (Å²) >= 11 is 0. The number of nitrogens with zero attached hydrogens (tertiary/aromatic N) is 4. The van der Waals surface area contributed by atoms with Crippen molar-refractivity contribution in [3.05, 3.63) is 151 Å². The Morgan fingerprint density at radius 1 is 0.850 bits per heavy atom. The van der Waals surface area contributed by atoms with Gasteiger partial charge in [0.25, 0.3) is 17.0 Å². The van der Waals surface area contributed by atoms with Crippen molar-refractivity contribution in [1.29, 1.82) is 0 Å². The molecule has 4 aromatic heterocycles. The van der Waals surface area contributed by atoms with E-state index in [1.165, 1.54) is 21.3 Å². The average Bonchev–Trinajstić information content (AvgIpc) is 3.50. The number of aromatic nitrogens is 4. The number of nitrogens with one attached hydrogen (secondary N) is 1. The van der Waals surface area contributed by atoms with Gasteiger partial charge in [-0.3, -0.25) is 27.9 Å². The number of carbonyl (C=O) groups excluding carboxylic acids is 1. The molecule has 198 valence electrons. The summed E-state index contributed by atoms with van der Waals surface area (Å²) in [5.74, 6) is 0.369. The topological polar surface area (TPSA) is 121 Å². The van der Waals surface area contributed by atoms with Gasteiger partial charge in [0.1, 0.15) is 11.4 Å². The van der Waals surface area contributed by atoms with Gasteiger partial charge in [-0.05, 0) is 54.1 Å². The van der Waals surface area contributed by atoms with E-state index in [9.17, 15) is 19.2 Å². The van der Waals surface area contributed by atoms with Gasteiger partial charge >= 0.3 is 5.69 Å². The second-order valence-electron chi connectivity index (χ2n) is 9.25. The highest BCUT2D eigenvalue weighted by Crippen LogP contribution is 2.11. The molecule has 10 heteroatoms. The summed E-state index contributed by atoms with van der Waals surface area (Å²) in [4.78, 5) is 56.7. The molecule has 0 bridgehead atoms. The number of para-hydroxylation sites is 1. The molecule has 0 radical (unpaired) electrons. The van der Waals surface area contributed by atoms with Crippen molar-refractivity contribution in [3.8, 4) is 0 Å². The fraction of sp³-hybridized carbons (Fsp3) is 0.100. The van der Waals surface area contributed by atoms with Crippen LogP contribution in [0.15, 0.2) is 116 Å². The lowest BCUT2D eigenvalue weighted by atomic mass is 10.1. The van der Waals surface area contributed by atoms with Crippen LogP contribution in [0.3, 0.4) is 0 Å². The molecule has 10 nitrogen and oxygen atoms in total. The van der Waals surface area contributed by atoms with E-state index in [4.69, 9.17) is 4.42 Å². The van der Waals surface area contributed by atoms with Crippen LogP contribution in [0.2, 0.25) is 0 Å². The van der Waals surface area contributed by atoms with Gasteiger partial charge in [0, 0.05) is 17.8 Å². The number of hydrogen-bond donors (Lipinski definition) is 1. The van der Waals surface area contributed by atoms with Crippen molar-refractivity contribution >= 4 is 22.5 Å². The molecular formula is C30H23N5O5. The van der Waals surface area contributed by atoms with Crippen LogP contribution in [0.5, 0.6) is 0 Å². The van der Waals surface area contributed by atoms with E-state index in [1.807, 2.05) is 0 Å². The average molecular weight is 534 g/mol. The van der Waals surface area contributed by atoms with E-state index in [1.54, 1.807) is 85.1 Å². The van der Waals surface area contributed by atoms with Gasteiger partial charge in [0.2, 0.25) is 0 Å². The molecule has 0 saturated heterocycles. The van der Waals surface area contributed by atoms with Gasteiger partial charge in [-0.25, -0.2) is 9.78 Å². The molecule has 0 aliphatic carbocycles. The summed E-state index contributed by atoms with van der Waals surface area (Å²) < 4.78 is 9.26. The maximum atomic E-state index is 13.7. The van der Waals surface area contributed by atoms with Gasteiger partial charge in [-0.2, -0.15) is 0 Å². The number of hydrogen-bond acceptors (Lipinski definition) is 6. The predicted octanol–water partition coefficient (Wildman–Crippen LogP) is 2.79. The van der Waals surface area contributed by atoms with Gasteiger partial charge in [0.15, 0.2) is 0 Å². The molecule has 0 unspecified atom stereocenters. The third-order valence-corrected chi connectivity index (χ3v) is 6.64. The first-order valence-electron chi connectivity index (χ1n) is 12.6. The van der Waals surface area contributed by atoms with E-state index in [2.05, 4.69) is 10.3 Å². The number of pyridine rings is 1. The fourth-order valence-electron chi connectivity index (χ4n) is 4.64. The number of fused-ring (bicyclic) bond motifs is 2. The molecule has 0 saturated carbocycles. The first-order chi connectivity index (χ1) is 19.5. The lowest BCUT2D eigenvalue weighted by Gasteiger charge is -2.14. The Balaban J connectivity index is 1.33. The largest absolute Gasteiger partial charge is 0.467 e. The van der Waals surface area contributed by atoms with Crippen molar-refractivity contribution in [2.45, 2.75) is 19.6 Å². The molecule has 6 rings (SSSR count). The minimum absolute atomic E-state index is 0.00457. The molecule has 4 heterocycles. The molecule has 1 amide bonds. The number of amides is 1. The zero-order chi connectivity index (χ0) is 27.6. The van der Waals surface area contributed by atoms with Crippen LogP contribution < -0.4 is 22.1 Å². The summed E-state index contributed by atoms with van der Waals surface area (Å²) in [5, 5.41) is 3.15. The maximum absolute atomic E-state index is 13.7. The summed E-state index contributed by atoms with van der Waals surface area (Å²) in [6.07, 6.45) is 3.17. The van der Waals surface area contributed by atoms with Crippen molar-refractivity contribution in [2.75, 3.05) is 0 Å². The smallest absolute Gasteiger partial charge is 0.332 e. The molecule has 2 aromatic carbocycles. The van der Waals surface area contributed by atoms with Crippen molar-refractivity contribution in [1.82, 2.24) is 23.8 Å². The lowest BCUT2D eigenvalue weighted by molar-refractivity contribution is 0.0948. The molecule has 0 atom stereocenters. The van der Waals surface area contributed by atoms with Gasteiger partial charge < -0.3 is 9.73 Å². The van der Waals surface area contributed by atoms with Crippen LogP contribution >= 0.6 is 0 Å². The standard InChI is InChI=1S/C30H23N5O5/c36-27-16-22(32-26-9-3-4-14-33(26)27)19-34-25-8-2-1-7-24(25)29(38)35(30(34)39)18-20-10-12-21(13-11-20)28(37)31-17-23-6-5-15-40-23/h1-16H,17-19H2,(H,31,37). The highest BCUT2D eigenvalue weighted by molar-refractivity contribution is 5.94. The van der Waals surface area contributed by atoms with E-state index in [0.717, 1.165) is 4.57 Å². The second-order valence-corrected chi connectivity index (χ2v) is 9.25. The Morgan fingerprint density at radius 2 is 1.65 bits per heavy atom. The first kappa shape index (κ1) is 24.8. The highest BCUT2D eigenvalue weighted by atomic mass is 16.3. The number of carbonyl (C=O) groups is 1. The quantitative estimate of drug-likeness (QED) is 0.337. The molecule has 0 aliphatic rings. The van der Waals surface area contributed by atoms with Crippen molar-refractivity contribution in [3.63, 3.8) is 0 Å². The zero-order valence-electron chi connectivity index (χ0n) is 21.2. The van der Waals surface area contributed by atoms with Crippen LogP contribution in [-0.4, -0.2) is 24.4 Å². The Hall–Kier alpha value is -5.51. The fourth-order valence-corrected chi connectivity index (χ4v) is 4.64. The Morgan fingerprint density at radius 3 is 2.45 bits per heavy atom. The van der Waals surface area contributed by atoms with Crippen molar-refractivity contribution in [2.24, 2.45) is 0 Å². The highest BCUT2D eigenvalue weighted by Gasteiger charge is 2.15. The Kier molecular flexibility index (Phi) is 6.41. The molecule has 40 heavy (non-hydrogen) atoms. The van der Waals surface area contributed by atoms with Gasteiger partial charge in [-0.1, -0.05) is 30.3 Å². The van der Waals surface area contributed by atoms with Crippen LogP contribution in [-0.2, 0) is 19.6 Å². The number of benzene rings is 2. The summed E-state index contributed by atoms with van der Waals surface area (Å²) in [7, 11) is 0. The number of furan rings is 1. The third kappa shape index (κ3) is 4.73. The summed E-state index contributed by atoms with van der Waals surface area (Å²) in [5.41, 5.74) is 1.20. The molecule has 1 N–H and O–H groups in total. The minimum Gasteiger partial charge on any atom is -0.467 e. The normalized spacial score (nSPS) is 11.2. The van der Waals surface area contributed by atoms with Crippen LogP contribution in [0, 0.1) is 0 Å². The zero-order valence-corrected chi connectivity index (χ0v) is 21.2. The SMILES string of the molecule is O=C(NCc1ccco1)c1ccc(Cn2c(=O)c3ccccc3n(Cc3cc(=O)n4ccccc4n3)c2=O)cc1. The second kappa shape index (κ2) is 10.3. The van der Waals surface area contributed by atoms with E-state index >= 15 is 0 Å². The maximum Gasteiger partial charge on any atom is 0.332 e. The predicted molar refractivity (Wildman–Crippen MR) is 148 cm³/mol. The molecule has 0 spiro atoms. The van der Waals surface area contributed by atoms with Crippen molar-refractivity contribution < 1.29 is 9.21 Å². The summed E-state index contributed by atoms with van der Waals surface area (Å²) in [6, 6.07) is 23.7. The minimum atomic E-state index is -0.529. The number of rotatable bonds is 7. The lowest BCUT2D eigenvalue weighted by Crippen LogP contribution is -2.40. The molecule has 0 aliphatic heterocycles.